The summed E-state index contributed by atoms with van der Waals surface area (Å²) < 4.78 is 19.0. The number of H-pyrrole nitrogens is 1. The van der Waals surface area contributed by atoms with E-state index in [9.17, 15) is 9.50 Å². The van der Waals surface area contributed by atoms with Gasteiger partial charge < -0.3 is 20.1 Å². The summed E-state index contributed by atoms with van der Waals surface area (Å²) >= 11 is 0. The van der Waals surface area contributed by atoms with E-state index in [2.05, 4.69) is 15.3 Å². The van der Waals surface area contributed by atoms with E-state index in [1.807, 2.05) is 24.3 Å². The molecule has 0 radical (unpaired) electrons. The molecule has 0 saturated heterocycles. The van der Waals surface area contributed by atoms with Crippen molar-refractivity contribution in [2.45, 2.75) is 0 Å². The molecule has 0 saturated carbocycles. The third-order valence-corrected chi connectivity index (χ3v) is 3.64. The van der Waals surface area contributed by atoms with Crippen LogP contribution in [0.1, 0.15) is 5.56 Å². The van der Waals surface area contributed by atoms with Gasteiger partial charge in [0.05, 0.1) is 23.4 Å². The second-order valence-electron chi connectivity index (χ2n) is 5.27. The van der Waals surface area contributed by atoms with Gasteiger partial charge in [-0.3, -0.25) is 4.99 Å². The second-order valence-corrected chi connectivity index (χ2v) is 5.27. The van der Waals surface area contributed by atoms with Crippen LogP contribution >= 0.6 is 0 Å². The molecule has 0 bridgehead atoms. The summed E-state index contributed by atoms with van der Waals surface area (Å²) in [5.74, 6) is -0.500. The van der Waals surface area contributed by atoms with Gasteiger partial charge >= 0.3 is 0 Å². The molecule has 0 fully saturated rings. The van der Waals surface area contributed by atoms with Crippen LogP contribution in [0.4, 0.5) is 15.8 Å². The zero-order chi connectivity index (χ0) is 16.9. The predicted molar refractivity (Wildman–Crippen MR) is 94.0 cm³/mol. The Hall–Kier alpha value is -2.86. The van der Waals surface area contributed by atoms with Gasteiger partial charge in [0.2, 0.25) is 0 Å². The number of anilines is 1. The van der Waals surface area contributed by atoms with Crippen molar-refractivity contribution >= 4 is 28.5 Å². The molecular weight excluding hydrogens is 309 g/mol. The molecule has 0 amide bonds. The number of halogens is 1. The highest BCUT2D eigenvalue weighted by Gasteiger charge is 2.12. The Bertz CT molecular complexity index is 857. The average molecular weight is 327 g/mol. The van der Waals surface area contributed by atoms with E-state index in [1.165, 1.54) is 12.3 Å². The summed E-state index contributed by atoms with van der Waals surface area (Å²) in [6, 6.07) is 12.1. The Kier molecular flexibility index (Phi) is 4.77. The Balaban J connectivity index is 1.80. The number of methoxy groups -OCH3 is 1. The predicted octanol–water partition coefficient (Wildman–Crippen LogP) is 3.82. The first-order chi connectivity index (χ1) is 11.7. The molecule has 2 aromatic carbocycles. The number of fused-ring (bicyclic) bond motifs is 1. The monoisotopic (exact) mass is 327 g/mol. The van der Waals surface area contributed by atoms with Crippen LogP contribution in [-0.2, 0) is 4.74 Å². The van der Waals surface area contributed by atoms with Gasteiger partial charge in [-0.15, -0.1) is 0 Å². The standard InChI is InChI=1S/C18H18FN3O2/c1-24-10-9-20-12-5-7-13(8-6-12)21-11-14-17-15(19)3-2-4-16(17)22-18(14)23/h2-8,11,20,22-23H,9-10H2,1H3. The zero-order valence-corrected chi connectivity index (χ0v) is 13.2. The first-order valence-corrected chi connectivity index (χ1v) is 7.55. The molecule has 0 aliphatic rings. The number of hydrogen-bond donors (Lipinski definition) is 3. The van der Waals surface area contributed by atoms with Crippen LogP contribution in [0.5, 0.6) is 5.88 Å². The van der Waals surface area contributed by atoms with E-state index in [4.69, 9.17) is 4.74 Å². The number of ether oxygens (including phenoxy) is 1. The minimum absolute atomic E-state index is 0.100. The lowest BCUT2D eigenvalue weighted by atomic mass is 10.1. The molecule has 0 aliphatic carbocycles. The summed E-state index contributed by atoms with van der Waals surface area (Å²) in [5, 5.41) is 13.5. The van der Waals surface area contributed by atoms with E-state index in [1.54, 1.807) is 19.2 Å². The molecule has 3 aromatic rings. The van der Waals surface area contributed by atoms with Crippen LogP contribution in [0.3, 0.4) is 0 Å². The number of nitrogens with zero attached hydrogens (tertiary/aromatic N) is 1. The highest BCUT2D eigenvalue weighted by Crippen LogP contribution is 2.28. The SMILES string of the molecule is COCCNc1ccc(N=Cc2c(O)[nH]c3cccc(F)c23)cc1. The summed E-state index contributed by atoms with van der Waals surface area (Å²) in [6.45, 7) is 1.35. The molecule has 3 rings (SSSR count). The van der Waals surface area contributed by atoms with Gasteiger partial charge in [0.1, 0.15) is 5.82 Å². The Morgan fingerprint density at radius 2 is 2.04 bits per heavy atom. The molecule has 0 atom stereocenters. The smallest absolute Gasteiger partial charge is 0.198 e. The lowest BCUT2D eigenvalue weighted by Gasteiger charge is -2.05. The first kappa shape index (κ1) is 16.0. The lowest BCUT2D eigenvalue weighted by Crippen LogP contribution is -2.07. The van der Waals surface area contributed by atoms with E-state index in [-0.39, 0.29) is 5.88 Å². The quantitative estimate of drug-likeness (QED) is 0.476. The van der Waals surface area contributed by atoms with Gasteiger partial charge in [-0.1, -0.05) is 6.07 Å². The van der Waals surface area contributed by atoms with E-state index in [0.717, 1.165) is 12.2 Å². The summed E-state index contributed by atoms with van der Waals surface area (Å²) in [6.07, 6.45) is 1.46. The minimum Gasteiger partial charge on any atom is -0.494 e. The third kappa shape index (κ3) is 3.38. The third-order valence-electron chi connectivity index (χ3n) is 3.64. The van der Waals surface area contributed by atoms with Crippen LogP contribution in [0.25, 0.3) is 10.9 Å². The summed E-state index contributed by atoms with van der Waals surface area (Å²) in [5.41, 5.74) is 2.54. The molecule has 3 N–H and O–H groups in total. The van der Waals surface area contributed by atoms with Gasteiger partial charge in [-0.25, -0.2) is 4.39 Å². The number of aromatic amines is 1. The fourth-order valence-corrected chi connectivity index (χ4v) is 2.44. The average Bonchev–Trinajstić information content (AvgIpc) is 2.91. The molecule has 5 nitrogen and oxygen atoms in total. The largest absolute Gasteiger partial charge is 0.494 e. The zero-order valence-electron chi connectivity index (χ0n) is 13.2. The second kappa shape index (κ2) is 7.14. The molecule has 1 heterocycles. The molecule has 24 heavy (non-hydrogen) atoms. The van der Waals surface area contributed by atoms with Crippen LogP contribution in [0, 0.1) is 5.82 Å². The maximum absolute atomic E-state index is 14.0. The van der Waals surface area contributed by atoms with Crippen molar-refractivity contribution in [1.82, 2.24) is 4.98 Å². The number of rotatable bonds is 6. The minimum atomic E-state index is -0.400. The maximum Gasteiger partial charge on any atom is 0.198 e. The highest BCUT2D eigenvalue weighted by molar-refractivity contribution is 6.02. The number of aromatic hydroxyl groups is 1. The fraction of sp³-hybridized carbons (Fsp3) is 0.167. The molecule has 124 valence electrons. The van der Waals surface area contributed by atoms with Gasteiger partial charge in [-0.2, -0.15) is 0 Å². The number of aliphatic imine (C=N–C) groups is 1. The first-order valence-electron chi connectivity index (χ1n) is 7.55. The van der Waals surface area contributed by atoms with Crippen molar-refractivity contribution < 1.29 is 14.2 Å². The Morgan fingerprint density at radius 3 is 2.79 bits per heavy atom. The van der Waals surface area contributed by atoms with Crippen molar-refractivity contribution in [2.24, 2.45) is 4.99 Å². The van der Waals surface area contributed by atoms with Crippen LogP contribution in [0.2, 0.25) is 0 Å². The van der Waals surface area contributed by atoms with Crippen molar-refractivity contribution in [3.8, 4) is 5.88 Å². The van der Waals surface area contributed by atoms with Gasteiger partial charge in [0, 0.05) is 30.9 Å². The molecular formula is C18H18FN3O2. The number of benzene rings is 2. The molecule has 0 unspecified atom stereocenters. The topological polar surface area (TPSA) is 69.6 Å². The summed E-state index contributed by atoms with van der Waals surface area (Å²) in [4.78, 5) is 7.06. The Morgan fingerprint density at radius 1 is 1.25 bits per heavy atom. The van der Waals surface area contributed by atoms with Crippen molar-refractivity contribution in [2.75, 3.05) is 25.6 Å². The van der Waals surface area contributed by atoms with Crippen LogP contribution in [0.15, 0.2) is 47.5 Å². The van der Waals surface area contributed by atoms with Crippen LogP contribution in [-0.4, -0.2) is 36.6 Å². The highest BCUT2D eigenvalue weighted by atomic mass is 19.1. The van der Waals surface area contributed by atoms with E-state index in [0.29, 0.717) is 28.8 Å². The maximum atomic E-state index is 14.0. The molecule has 0 aliphatic heterocycles. The molecule has 6 heteroatoms. The number of nitrogens with one attached hydrogen (secondary N) is 2. The normalized spacial score (nSPS) is 11.4. The van der Waals surface area contributed by atoms with Gasteiger partial charge in [0.15, 0.2) is 5.88 Å². The summed E-state index contributed by atoms with van der Waals surface area (Å²) in [7, 11) is 1.66. The van der Waals surface area contributed by atoms with Crippen molar-refractivity contribution in [1.29, 1.82) is 0 Å². The molecule has 0 spiro atoms. The lowest BCUT2D eigenvalue weighted by molar-refractivity contribution is 0.211. The van der Waals surface area contributed by atoms with Gasteiger partial charge in [-0.05, 0) is 36.4 Å². The number of hydrogen-bond acceptors (Lipinski definition) is 4. The number of aromatic nitrogens is 1. The van der Waals surface area contributed by atoms with Crippen molar-refractivity contribution in [3.63, 3.8) is 0 Å². The van der Waals surface area contributed by atoms with Crippen LogP contribution < -0.4 is 5.32 Å². The van der Waals surface area contributed by atoms with E-state index < -0.39 is 5.82 Å². The van der Waals surface area contributed by atoms with E-state index >= 15 is 0 Å². The van der Waals surface area contributed by atoms with Crippen molar-refractivity contribution in [3.05, 3.63) is 53.8 Å². The fourth-order valence-electron chi connectivity index (χ4n) is 2.44. The molecule has 1 aromatic heterocycles. The van der Waals surface area contributed by atoms with Gasteiger partial charge in [0.25, 0.3) is 0 Å². The Labute approximate surface area is 138 Å².